The van der Waals surface area contributed by atoms with Gasteiger partial charge in [0.05, 0.1) is 23.1 Å². The number of sulfonamides is 1. The monoisotopic (exact) mass is 580 g/mol. The van der Waals surface area contributed by atoms with Crippen LogP contribution in [0.4, 0.5) is 5.69 Å². The molecule has 5 heterocycles. The van der Waals surface area contributed by atoms with E-state index < -0.39 is 10.0 Å². The molecule has 1 fully saturated rings. The molecule has 1 aromatic carbocycles. The number of hydrogen-bond donors (Lipinski definition) is 1. The molecule has 12 heteroatoms. The number of anilines is 1. The average Bonchev–Trinajstić information content (AvgIpc) is 3.72. The van der Waals surface area contributed by atoms with Gasteiger partial charge in [-0.15, -0.1) is 22.7 Å². The number of ether oxygens (including phenoxy) is 1. The van der Waals surface area contributed by atoms with Crippen LogP contribution in [-0.2, 0) is 16.6 Å². The minimum Gasteiger partial charge on any atom is -0.473 e. The van der Waals surface area contributed by atoms with Crippen LogP contribution in [0.15, 0.2) is 70.8 Å². The van der Waals surface area contributed by atoms with E-state index in [2.05, 4.69) is 19.9 Å². The van der Waals surface area contributed by atoms with Crippen molar-refractivity contribution in [3.8, 4) is 16.6 Å². The summed E-state index contributed by atoms with van der Waals surface area (Å²) in [4.78, 5) is 20.0. The lowest BCUT2D eigenvalue weighted by Gasteiger charge is -2.31. The lowest BCUT2D eigenvalue weighted by Crippen LogP contribution is -2.37. The van der Waals surface area contributed by atoms with E-state index in [1.807, 2.05) is 37.4 Å². The van der Waals surface area contributed by atoms with Crippen LogP contribution in [0.2, 0.25) is 0 Å². The van der Waals surface area contributed by atoms with Crippen LogP contribution in [0, 0.1) is 0 Å². The Labute approximate surface area is 235 Å². The minimum atomic E-state index is -3.64. The molecular weight excluding hydrogens is 553 g/mol. The highest BCUT2D eigenvalue weighted by atomic mass is 32.2. The Morgan fingerprint density at radius 1 is 1.13 bits per heavy atom. The normalized spacial score (nSPS) is 15.1. The van der Waals surface area contributed by atoms with Crippen molar-refractivity contribution < 1.29 is 13.2 Å². The average molecular weight is 581 g/mol. The molecule has 9 nitrogen and oxygen atoms in total. The highest BCUT2D eigenvalue weighted by molar-refractivity contribution is 7.94. The van der Waals surface area contributed by atoms with E-state index in [0.29, 0.717) is 22.3 Å². The molecule has 1 saturated heterocycles. The Bertz CT molecular complexity index is 1640. The predicted molar refractivity (Wildman–Crippen MR) is 155 cm³/mol. The van der Waals surface area contributed by atoms with Gasteiger partial charge in [-0.2, -0.15) is 0 Å². The van der Waals surface area contributed by atoms with Crippen molar-refractivity contribution in [2.24, 2.45) is 0 Å². The third kappa shape index (κ3) is 5.42. The van der Waals surface area contributed by atoms with Crippen LogP contribution in [0.25, 0.3) is 21.6 Å². The topological polar surface area (TPSA) is 104 Å². The standard InChI is InChI=1S/C27H28N6O3S3/c1-2-33(39(34,35)25-7-4-14-37-25)23-6-3-5-19-15-22(31-26(19)23)27-30-16-21(38-27)18-32-12-8-20(9-13-32)36-24-17-28-10-11-29-24/h3-7,10-11,14-17,20,31H,2,8-9,12-13,18H2,1H3. The van der Waals surface area contributed by atoms with E-state index in [0.717, 1.165) is 54.1 Å². The molecule has 1 aliphatic rings. The Morgan fingerprint density at radius 2 is 2.00 bits per heavy atom. The van der Waals surface area contributed by atoms with E-state index in [9.17, 15) is 8.42 Å². The summed E-state index contributed by atoms with van der Waals surface area (Å²) in [5, 5.41) is 3.62. The maximum atomic E-state index is 13.3. The third-order valence-corrected chi connectivity index (χ3v) is 11.0. The summed E-state index contributed by atoms with van der Waals surface area (Å²) >= 11 is 2.89. The number of thiazole rings is 1. The number of piperidine rings is 1. The van der Waals surface area contributed by atoms with Crippen LogP contribution >= 0.6 is 22.7 Å². The van der Waals surface area contributed by atoms with Gasteiger partial charge in [0.25, 0.3) is 10.0 Å². The second-order valence-corrected chi connectivity index (χ2v) is 13.4. The Hall–Kier alpha value is -3.32. The number of aromatic amines is 1. The molecule has 1 N–H and O–H groups in total. The number of nitrogens with zero attached hydrogens (tertiary/aromatic N) is 5. The fourth-order valence-corrected chi connectivity index (χ4v) is 8.40. The number of rotatable bonds is 9. The first-order valence-electron chi connectivity index (χ1n) is 12.8. The molecule has 39 heavy (non-hydrogen) atoms. The SMILES string of the molecule is CCN(c1cccc2cc(-c3ncc(CN4CCC(Oc5cnccn5)CC4)s3)[nH]c12)S(=O)(=O)c1cccs1. The summed E-state index contributed by atoms with van der Waals surface area (Å²) in [7, 11) is -3.64. The first kappa shape index (κ1) is 25.9. The molecule has 6 rings (SSSR count). The van der Waals surface area contributed by atoms with Crippen LogP contribution in [-0.4, -0.2) is 59.0 Å². The minimum absolute atomic E-state index is 0.154. The molecule has 0 aliphatic carbocycles. The fourth-order valence-electron chi connectivity index (χ4n) is 4.88. The van der Waals surface area contributed by atoms with E-state index >= 15 is 0 Å². The van der Waals surface area contributed by atoms with Crippen molar-refractivity contribution in [1.82, 2.24) is 24.8 Å². The van der Waals surface area contributed by atoms with E-state index in [1.54, 1.807) is 47.4 Å². The first-order valence-corrected chi connectivity index (χ1v) is 15.9. The smallest absolute Gasteiger partial charge is 0.273 e. The largest absolute Gasteiger partial charge is 0.473 e. The highest BCUT2D eigenvalue weighted by Crippen LogP contribution is 2.35. The van der Waals surface area contributed by atoms with Gasteiger partial charge in [-0.25, -0.2) is 18.4 Å². The van der Waals surface area contributed by atoms with Crippen molar-refractivity contribution in [2.75, 3.05) is 23.9 Å². The molecule has 0 spiro atoms. The quantitative estimate of drug-likeness (QED) is 0.249. The number of benzene rings is 1. The van der Waals surface area contributed by atoms with Gasteiger partial charge in [0.15, 0.2) is 0 Å². The van der Waals surface area contributed by atoms with Crippen LogP contribution in [0.5, 0.6) is 5.88 Å². The zero-order chi connectivity index (χ0) is 26.8. The molecule has 0 saturated carbocycles. The summed E-state index contributed by atoms with van der Waals surface area (Å²) in [6.45, 7) is 4.91. The van der Waals surface area contributed by atoms with Crippen molar-refractivity contribution in [1.29, 1.82) is 0 Å². The van der Waals surface area contributed by atoms with E-state index in [4.69, 9.17) is 9.72 Å². The van der Waals surface area contributed by atoms with Gasteiger partial charge in [0.1, 0.15) is 15.3 Å². The van der Waals surface area contributed by atoms with Crippen LogP contribution in [0.1, 0.15) is 24.6 Å². The molecule has 202 valence electrons. The molecule has 0 atom stereocenters. The van der Waals surface area contributed by atoms with Crippen LogP contribution in [0.3, 0.4) is 0 Å². The molecular formula is C27H28N6O3S3. The van der Waals surface area contributed by atoms with Gasteiger partial charge in [0.2, 0.25) is 5.88 Å². The number of nitrogens with one attached hydrogen (secondary N) is 1. The van der Waals surface area contributed by atoms with Crippen molar-refractivity contribution in [3.63, 3.8) is 0 Å². The predicted octanol–water partition coefficient (Wildman–Crippen LogP) is 5.40. The van der Waals surface area contributed by atoms with Gasteiger partial charge >= 0.3 is 0 Å². The Balaban J connectivity index is 1.16. The second kappa shape index (κ2) is 11.0. The summed E-state index contributed by atoms with van der Waals surface area (Å²) in [5.74, 6) is 0.579. The van der Waals surface area contributed by atoms with Gasteiger partial charge < -0.3 is 9.72 Å². The van der Waals surface area contributed by atoms with Gasteiger partial charge in [0, 0.05) is 55.0 Å². The number of para-hydroxylation sites is 1. The number of H-pyrrole nitrogens is 1. The van der Waals surface area contributed by atoms with Gasteiger partial charge in [-0.1, -0.05) is 18.2 Å². The number of thiophene rings is 1. The zero-order valence-corrected chi connectivity index (χ0v) is 23.8. The lowest BCUT2D eigenvalue weighted by atomic mass is 10.1. The molecule has 0 bridgehead atoms. The molecule has 0 unspecified atom stereocenters. The van der Waals surface area contributed by atoms with Gasteiger partial charge in [-0.05, 0) is 43.3 Å². The number of likely N-dealkylation sites (tertiary alicyclic amines) is 1. The highest BCUT2D eigenvalue weighted by Gasteiger charge is 2.27. The lowest BCUT2D eigenvalue weighted by molar-refractivity contribution is 0.0934. The first-order chi connectivity index (χ1) is 19.0. The Kier molecular flexibility index (Phi) is 7.34. The second-order valence-electron chi connectivity index (χ2n) is 9.29. The molecule has 5 aromatic rings. The molecule has 4 aromatic heterocycles. The molecule has 1 aliphatic heterocycles. The summed E-state index contributed by atoms with van der Waals surface area (Å²) < 4.78 is 34.5. The fraction of sp³-hybridized carbons (Fsp3) is 0.296. The van der Waals surface area contributed by atoms with E-state index in [-0.39, 0.29) is 6.10 Å². The number of hydrogen-bond acceptors (Lipinski definition) is 9. The van der Waals surface area contributed by atoms with Gasteiger partial charge in [-0.3, -0.25) is 14.2 Å². The Morgan fingerprint density at radius 3 is 2.74 bits per heavy atom. The summed E-state index contributed by atoms with van der Waals surface area (Å²) in [6.07, 6.45) is 8.91. The summed E-state index contributed by atoms with van der Waals surface area (Å²) in [5.41, 5.74) is 2.31. The molecule has 0 amide bonds. The van der Waals surface area contributed by atoms with Crippen LogP contribution < -0.4 is 9.04 Å². The zero-order valence-electron chi connectivity index (χ0n) is 21.4. The van der Waals surface area contributed by atoms with Crippen molar-refractivity contribution in [3.05, 3.63) is 71.4 Å². The van der Waals surface area contributed by atoms with E-state index in [1.165, 1.54) is 20.5 Å². The summed E-state index contributed by atoms with van der Waals surface area (Å²) in [6, 6.07) is 11.2. The van der Waals surface area contributed by atoms with Crippen molar-refractivity contribution >= 4 is 49.3 Å². The van der Waals surface area contributed by atoms with Crippen molar-refractivity contribution in [2.45, 2.75) is 36.6 Å². The molecule has 0 radical (unpaired) electrons. The number of fused-ring (bicyclic) bond motifs is 1. The maximum Gasteiger partial charge on any atom is 0.273 e. The number of aromatic nitrogens is 4. The maximum absolute atomic E-state index is 13.3. The third-order valence-electron chi connectivity index (χ3n) is 6.75.